The fourth-order valence-electron chi connectivity index (χ4n) is 4.64. The Morgan fingerprint density at radius 1 is 1.30 bits per heavy atom. The molecule has 0 saturated carbocycles. The number of nitriles is 1. The Labute approximate surface area is 188 Å². The molecular weight excluding hydrogens is 418 g/mol. The molecule has 0 aliphatic carbocycles. The molecule has 5 aromatic heterocycles. The van der Waals surface area contributed by atoms with Crippen LogP contribution < -0.4 is 4.90 Å². The first kappa shape index (κ1) is 19.4. The van der Waals surface area contributed by atoms with Gasteiger partial charge in [0.15, 0.2) is 0 Å². The average Bonchev–Trinajstić information content (AvgIpc) is 3.62. The Bertz CT molecular complexity index is 1490. The van der Waals surface area contributed by atoms with E-state index in [1.807, 2.05) is 36.1 Å². The molecule has 1 aliphatic heterocycles. The van der Waals surface area contributed by atoms with Gasteiger partial charge in [0, 0.05) is 48.5 Å². The molecule has 0 bridgehead atoms. The standard InChI is InChI=1S/C23H21N9O/c1-14-8-18-22(26-9-14)33-23(30-18)31-7-4-15(11-31)19(2-5-24)32-12-16(10-29-32)20-17-3-6-25-21(17)28-13-27-20/h3,6,8-10,12-13,15,19H,2,4,7,11H2,1H3,(H,25,27,28). The quantitative estimate of drug-likeness (QED) is 0.440. The van der Waals surface area contributed by atoms with Crippen molar-refractivity contribution >= 4 is 28.3 Å². The summed E-state index contributed by atoms with van der Waals surface area (Å²) in [6.07, 6.45) is 10.2. The topological polar surface area (TPSA) is 125 Å². The molecule has 1 N–H and O–H groups in total. The lowest BCUT2D eigenvalue weighted by Crippen LogP contribution is -2.25. The normalized spacial score (nSPS) is 17.1. The lowest BCUT2D eigenvalue weighted by Gasteiger charge is -2.22. The van der Waals surface area contributed by atoms with Crippen molar-refractivity contribution < 1.29 is 4.42 Å². The molecule has 5 aromatic rings. The lowest BCUT2D eigenvalue weighted by atomic mass is 9.96. The third-order valence-corrected chi connectivity index (χ3v) is 6.28. The first-order valence-electron chi connectivity index (χ1n) is 10.9. The second-order valence-electron chi connectivity index (χ2n) is 8.43. The van der Waals surface area contributed by atoms with Crippen LogP contribution >= 0.6 is 0 Å². The number of pyridine rings is 1. The van der Waals surface area contributed by atoms with Crippen LogP contribution in [0.1, 0.15) is 24.4 Å². The summed E-state index contributed by atoms with van der Waals surface area (Å²) < 4.78 is 7.80. The van der Waals surface area contributed by atoms with Crippen molar-refractivity contribution in [1.82, 2.24) is 34.7 Å². The van der Waals surface area contributed by atoms with E-state index in [4.69, 9.17) is 4.42 Å². The Balaban J connectivity index is 1.26. The third-order valence-electron chi connectivity index (χ3n) is 6.28. The Kier molecular flexibility index (Phi) is 4.54. The van der Waals surface area contributed by atoms with E-state index in [1.165, 1.54) is 0 Å². The molecule has 1 saturated heterocycles. The predicted octanol–water partition coefficient (Wildman–Crippen LogP) is 3.65. The molecule has 10 nitrogen and oxygen atoms in total. The van der Waals surface area contributed by atoms with E-state index in [2.05, 4.69) is 41.0 Å². The average molecular weight is 439 g/mol. The maximum absolute atomic E-state index is 9.53. The van der Waals surface area contributed by atoms with Crippen LogP contribution in [0.3, 0.4) is 0 Å². The molecule has 164 valence electrons. The van der Waals surface area contributed by atoms with Gasteiger partial charge in [-0.2, -0.15) is 15.3 Å². The minimum atomic E-state index is -0.0537. The molecule has 0 amide bonds. The Morgan fingerprint density at radius 2 is 2.24 bits per heavy atom. The molecule has 1 aliphatic rings. The summed E-state index contributed by atoms with van der Waals surface area (Å²) in [5.74, 6) is 0.236. The maximum Gasteiger partial charge on any atom is 0.299 e. The zero-order valence-corrected chi connectivity index (χ0v) is 18.0. The second kappa shape index (κ2) is 7.70. The number of anilines is 1. The van der Waals surface area contributed by atoms with Crippen LogP contribution in [0.15, 0.2) is 47.7 Å². The molecule has 0 spiro atoms. The van der Waals surface area contributed by atoms with Crippen LogP contribution in [-0.4, -0.2) is 47.8 Å². The van der Waals surface area contributed by atoms with Gasteiger partial charge in [-0.1, -0.05) is 0 Å². The summed E-state index contributed by atoms with van der Waals surface area (Å²) in [6.45, 7) is 3.53. The number of hydrogen-bond acceptors (Lipinski definition) is 8. The van der Waals surface area contributed by atoms with Crippen LogP contribution in [0.2, 0.25) is 0 Å². The smallest absolute Gasteiger partial charge is 0.299 e. The largest absolute Gasteiger partial charge is 0.404 e. The van der Waals surface area contributed by atoms with Gasteiger partial charge in [0.25, 0.3) is 6.01 Å². The van der Waals surface area contributed by atoms with Crippen molar-refractivity contribution in [2.75, 3.05) is 18.0 Å². The number of aromatic nitrogens is 7. The van der Waals surface area contributed by atoms with E-state index in [-0.39, 0.29) is 12.0 Å². The summed E-state index contributed by atoms with van der Waals surface area (Å²) in [7, 11) is 0. The number of nitrogens with one attached hydrogen (secondary N) is 1. The first-order chi connectivity index (χ1) is 16.2. The molecule has 0 aromatic carbocycles. The number of aromatic amines is 1. The first-order valence-corrected chi connectivity index (χ1v) is 10.9. The number of oxazole rings is 1. The molecule has 1 fully saturated rings. The highest BCUT2D eigenvalue weighted by molar-refractivity contribution is 5.90. The molecule has 10 heteroatoms. The second-order valence-corrected chi connectivity index (χ2v) is 8.43. The monoisotopic (exact) mass is 439 g/mol. The zero-order chi connectivity index (χ0) is 22.4. The lowest BCUT2D eigenvalue weighted by molar-refractivity contribution is 0.331. The van der Waals surface area contributed by atoms with E-state index >= 15 is 0 Å². The summed E-state index contributed by atoms with van der Waals surface area (Å²) in [5, 5.41) is 15.1. The van der Waals surface area contributed by atoms with Crippen molar-refractivity contribution in [3.8, 4) is 17.3 Å². The van der Waals surface area contributed by atoms with E-state index in [0.29, 0.717) is 18.1 Å². The predicted molar refractivity (Wildman–Crippen MR) is 121 cm³/mol. The minimum Gasteiger partial charge on any atom is -0.404 e. The molecular formula is C23H21N9O. The fourth-order valence-corrected chi connectivity index (χ4v) is 4.64. The van der Waals surface area contributed by atoms with E-state index in [9.17, 15) is 5.26 Å². The zero-order valence-electron chi connectivity index (χ0n) is 18.0. The molecule has 0 radical (unpaired) electrons. The summed E-state index contributed by atoms with van der Waals surface area (Å²) >= 11 is 0. The van der Waals surface area contributed by atoms with Crippen molar-refractivity contribution in [3.05, 3.63) is 48.8 Å². The van der Waals surface area contributed by atoms with Gasteiger partial charge in [0.05, 0.1) is 30.4 Å². The SMILES string of the molecule is Cc1cnc2oc(N3CCC(C(CC#N)n4cc(-c5ncnc6[nH]ccc56)cn4)C3)nc2c1. The maximum atomic E-state index is 9.53. The highest BCUT2D eigenvalue weighted by Crippen LogP contribution is 2.34. The van der Waals surface area contributed by atoms with E-state index < -0.39 is 0 Å². The fraction of sp³-hybridized carbons (Fsp3) is 0.304. The highest BCUT2D eigenvalue weighted by Gasteiger charge is 2.33. The molecule has 6 heterocycles. The van der Waals surface area contributed by atoms with Gasteiger partial charge in [0.1, 0.15) is 17.5 Å². The minimum absolute atomic E-state index is 0.0537. The van der Waals surface area contributed by atoms with Crippen LogP contribution in [0, 0.1) is 24.2 Å². The molecule has 6 rings (SSSR count). The number of aryl methyl sites for hydroxylation is 1. The van der Waals surface area contributed by atoms with Crippen LogP contribution in [0.4, 0.5) is 6.01 Å². The number of fused-ring (bicyclic) bond motifs is 2. The van der Waals surface area contributed by atoms with E-state index in [0.717, 1.165) is 52.9 Å². The van der Waals surface area contributed by atoms with Gasteiger partial charge in [-0.05, 0) is 31.0 Å². The van der Waals surface area contributed by atoms with Gasteiger partial charge in [-0.15, -0.1) is 0 Å². The van der Waals surface area contributed by atoms with Crippen molar-refractivity contribution in [1.29, 1.82) is 5.26 Å². The number of nitrogens with zero attached hydrogens (tertiary/aromatic N) is 8. The van der Waals surface area contributed by atoms with E-state index in [1.54, 1.807) is 18.7 Å². The number of rotatable bonds is 5. The summed E-state index contributed by atoms with van der Waals surface area (Å²) in [5.41, 5.74) is 4.87. The van der Waals surface area contributed by atoms with Crippen LogP contribution in [-0.2, 0) is 0 Å². The van der Waals surface area contributed by atoms with Crippen molar-refractivity contribution in [2.45, 2.75) is 25.8 Å². The van der Waals surface area contributed by atoms with Crippen molar-refractivity contribution in [2.24, 2.45) is 5.92 Å². The molecule has 33 heavy (non-hydrogen) atoms. The molecule has 2 unspecified atom stereocenters. The van der Waals surface area contributed by atoms with Gasteiger partial charge in [0.2, 0.25) is 5.71 Å². The summed E-state index contributed by atoms with van der Waals surface area (Å²) in [4.78, 5) is 22.9. The van der Waals surface area contributed by atoms with Gasteiger partial charge < -0.3 is 14.3 Å². The number of H-pyrrole nitrogens is 1. The molecule has 2 atom stereocenters. The third kappa shape index (κ3) is 3.38. The number of hydrogen-bond donors (Lipinski definition) is 1. The van der Waals surface area contributed by atoms with Crippen LogP contribution in [0.25, 0.3) is 33.5 Å². The highest BCUT2D eigenvalue weighted by atomic mass is 16.4. The van der Waals surface area contributed by atoms with Gasteiger partial charge in [-0.25, -0.2) is 15.0 Å². The Hall–Kier alpha value is -4.26. The van der Waals surface area contributed by atoms with Gasteiger partial charge >= 0.3 is 0 Å². The van der Waals surface area contributed by atoms with Crippen molar-refractivity contribution in [3.63, 3.8) is 0 Å². The Morgan fingerprint density at radius 3 is 3.15 bits per heavy atom. The van der Waals surface area contributed by atoms with Crippen LogP contribution in [0.5, 0.6) is 0 Å². The summed E-state index contributed by atoms with van der Waals surface area (Å²) in [6, 6.07) is 6.80. The van der Waals surface area contributed by atoms with Gasteiger partial charge in [-0.3, -0.25) is 4.68 Å².